The summed E-state index contributed by atoms with van der Waals surface area (Å²) < 4.78 is 47.8. The maximum absolute atomic E-state index is 12.6. The number of halogens is 3. The van der Waals surface area contributed by atoms with E-state index in [1.807, 2.05) is 0 Å². The fourth-order valence-electron chi connectivity index (χ4n) is 2.15. The lowest BCUT2D eigenvalue weighted by molar-refractivity contribution is -0.137. The van der Waals surface area contributed by atoms with Gasteiger partial charge in [-0.1, -0.05) is 17.3 Å². The van der Waals surface area contributed by atoms with E-state index in [1.165, 1.54) is 23.5 Å². The second kappa shape index (κ2) is 6.87. The van der Waals surface area contributed by atoms with Crippen LogP contribution in [0.3, 0.4) is 0 Å². The molecule has 0 aliphatic heterocycles. The Morgan fingerprint density at radius 3 is 2.46 bits per heavy atom. The summed E-state index contributed by atoms with van der Waals surface area (Å²) in [5.74, 6) is -0.413. The van der Waals surface area contributed by atoms with E-state index in [-0.39, 0.29) is 18.3 Å². The van der Waals surface area contributed by atoms with Gasteiger partial charge in [-0.05, 0) is 26.0 Å². The maximum Gasteiger partial charge on any atom is 0.416 e. The Morgan fingerprint density at radius 2 is 1.88 bits per heavy atom. The highest BCUT2D eigenvalue weighted by Crippen LogP contribution is 2.30. The molecule has 0 spiro atoms. The monoisotopic (exact) mass is 383 g/mol. The van der Waals surface area contributed by atoms with Crippen LogP contribution in [0.2, 0.25) is 0 Å². The Labute approximate surface area is 149 Å². The van der Waals surface area contributed by atoms with Crippen LogP contribution < -0.4 is 0 Å². The second-order valence-electron chi connectivity index (χ2n) is 5.31. The van der Waals surface area contributed by atoms with Gasteiger partial charge in [0.1, 0.15) is 4.88 Å². The van der Waals surface area contributed by atoms with E-state index in [0.717, 1.165) is 17.1 Å². The van der Waals surface area contributed by atoms with Gasteiger partial charge in [0.2, 0.25) is 5.82 Å². The molecular formula is C16H12F3N3O3S. The summed E-state index contributed by atoms with van der Waals surface area (Å²) in [5.41, 5.74) is 0.163. The molecule has 0 saturated heterocycles. The number of alkyl halides is 3. The Bertz CT molecular complexity index is 932. The summed E-state index contributed by atoms with van der Waals surface area (Å²) >= 11 is 1.22. The van der Waals surface area contributed by atoms with E-state index in [0.29, 0.717) is 16.1 Å². The van der Waals surface area contributed by atoms with Gasteiger partial charge in [0.05, 0.1) is 16.3 Å². The van der Waals surface area contributed by atoms with Gasteiger partial charge in [0.15, 0.2) is 6.61 Å². The fraction of sp³-hybridized carbons (Fsp3) is 0.250. The third-order valence-corrected chi connectivity index (χ3v) is 4.41. The number of benzene rings is 1. The molecule has 0 saturated carbocycles. The predicted molar refractivity (Wildman–Crippen MR) is 85.4 cm³/mol. The topological polar surface area (TPSA) is 78.1 Å². The van der Waals surface area contributed by atoms with E-state index < -0.39 is 17.7 Å². The highest BCUT2D eigenvalue weighted by Gasteiger charge is 2.30. The molecular weight excluding hydrogens is 371 g/mol. The van der Waals surface area contributed by atoms with E-state index in [9.17, 15) is 18.0 Å². The van der Waals surface area contributed by atoms with E-state index >= 15 is 0 Å². The SMILES string of the molecule is Cc1nc(C)c(C(=O)OCc2nc(-c3ccc(C(F)(F)F)cc3)no2)s1. The first-order chi connectivity index (χ1) is 12.2. The van der Waals surface area contributed by atoms with Crippen molar-refractivity contribution in [1.82, 2.24) is 15.1 Å². The smallest absolute Gasteiger partial charge is 0.416 e. The zero-order valence-electron chi connectivity index (χ0n) is 13.6. The molecule has 6 nitrogen and oxygen atoms in total. The molecule has 0 N–H and O–H groups in total. The van der Waals surface area contributed by atoms with Crippen molar-refractivity contribution in [2.24, 2.45) is 0 Å². The van der Waals surface area contributed by atoms with Crippen LogP contribution in [-0.2, 0) is 17.5 Å². The van der Waals surface area contributed by atoms with E-state index in [2.05, 4.69) is 15.1 Å². The van der Waals surface area contributed by atoms with Crippen LogP contribution in [0, 0.1) is 13.8 Å². The highest BCUT2D eigenvalue weighted by atomic mass is 32.1. The number of aryl methyl sites for hydroxylation is 2. The maximum atomic E-state index is 12.6. The van der Waals surface area contributed by atoms with Gasteiger partial charge in [0.25, 0.3) is 5.89 Å². The molecule has 2 heterocycles. The molecule has 0 aliphatic rings. The molecule has 3 rings (SSSR count). The van der Waals surface area contributed by atoms with Gasteiger partial charge in [-0.25, -0.2) is 9.78 Å². The molecule has 0 amide bonds. The van der Waals surface area contributed by atoms with Crippen molar-refractivity contribution in [2.45, 2.75) is 26.6 Å². The summed E-state index contributed by atoms with van der Waals surface area (Å²) in [5, 5.41) is 4.43. The number of nitrogens with zero attached hydrogens (tertiary/aromatic N) is 3. The van der Waals surface area contributed by atoms with E-state index in [4.69, 9.17) is 9.26 Å². The predicted octanol–water partition coefficient (Wildman–Crippen LogP) is 4.19. The summed E-state index contributed by atoms with van der Waals surface area (Å²) in [4.78, 5) is 20.6. The number of esters is 1. The lowest BCUT2D eigenvalue weighted by Gasteiger charge is -2.05. The highest BCUT2D eigenvalue weighted by molar-refractivity contribution is 7.13. The molecule has 0 radical (unpaired) electrons. The summed E-state index contributed by atoms with van der Waals surface area (Å²) in [7, 11) is 0. The summed E-state index contributed by atoms with van der Waals surface area (Å²) in [6.45, 7) is 3.24. The third-order valence-electron chi connectivity index (χ3n) is 3.35. The lowest BCUT2D eigenvalue weighted by Crippen LogP contribution is -2.05. The van der Waals surface area contributed by atoms with Crippen molar-refractivity contribution in [3.8, 4) is 11.4 Å². The Morgan fingerprint density at radius 1 is 1.19 bits per heavy atom. The largest absolute Gasteiger partial charge is 0.451 e. The Kier molecular flexibility index (Phi) is 4.77. The normalized spacial score (nSPS) is 11.6. The van der Waals surface area contributed by atoms with Crippen LogP contribution in [-0.4, -0.2) is 21.1 Å². The number of hydrogen-bond acceptors (Lipinski definition) is 7. The van der Waals surface area contributed by atoms with Crippen molar-refractivity contribution in [2.75, 3.05) is 0 Å². The van der Waals surface area contributed by atoms with Gasteiger partial charge in [-0.2, -0.15) is 18.2 Å². The minimum absolute atomic E-state index is 0.0344. The van der Waals surface area contributed by atoms with Crippen LogP contribution in [0.4, 0.5) is 13.2 Å². The zero-order chi connectivity index (χ0) is 18.9. The average molecular weight is 383 g/mol. The summed E-state index contributed by atoms with van der Waals surface area (Å²) in [6, 6.07) is 4.35. The Hall–Kier alpha value is -2.75. The molecule has 0 aliphatic carbocycles. The van der Waals surface area contributed by atoms with Crippen molar-refractivity contribution in [3.05, 3.63) is 51.3 Å². The van der Waals surface area contributed by atoms with Gasteiger partial charge >= 0.3 is 12.1 Å². The number of aromatic nitrogens is 3. The molecule has 0 unspecified atom stereocenters. The number of carbonyl (C=O) groups is 1. The number of hydrogen-bond donors (Lipinski definition) is 0. The average Bonchev–Trinajstić information content (AvgIpc) is 3.18. The van der Waals surface area contributed by atoms with E-state index in [1.54, 1.807) is 13.8 Å². The molecule has 1 aromatic carbocycles. The molecule has 136 valence electrons. The van der Waals surface area contributed by atoms with Crippen LogP contribution in [0.25, 0.3) is 11.4 Å². The first kappa shape index (κ1) is 18.1. The van der Waals surface area contributed by atoms with Crippen LogP contribution in [0.1, 0.15) is 31.8 Å². The number of rotatable bonds is 4. The fourth-order valence-corrected chi connectivity index (χ4v) is 2.97. The molecule has 10 heteroatoms. The van der Waals surface area contributed by atoms with Gasteiger partial charge in [-0.3, -0.25) is 0 Å². The quantitative estimate of drug-likeness (QED) is 0.629. The molecule has 2 aromatic heterocycles. The van der Waals surface area contributed by atoms with Gasteiger partial charge in [-0.15, -0.1) is 11.3 Å². The molecule has 0 bridgehead atoms. The summed E-state index contributed by atoms with van der Waals surface area (Å²) in [6.07, 6.45) is -4.41. The number of carbonyl (C=O) groups excluding carboxylic acids is 1. The molecule has 26 heavy (non-hydrogen) atoms. The zero-order valence-corrected chi connectivity index (χ0v) is 14.4. The molecule has 3 aromatic rings. The standard InChI is InChI=1S/C16H12F3N3O3S/c1-8-13(26-9(2)20-8)15(23)24-7-12-21-14(22-25-12)10-3-5-11(6-4-10)16(17,18)19/h3-6H,7H2,1-2H3. The number of thiazole rings is 1. The third kappa shape index (κ3) is 3.90. The minimum atomic E-state index is -4.41. The van der Waals surface area contributed by atoms with Crippen molar-refractivity contribution >= 4 is 17.3 Å². The van der Waals surface area contributed by atoms with Crippen LogP contribution >= 0.6 is 11.3 Å². The minimum Gasteiger partial charge on any atom is -0.451 e. The molecule has 0 atom stereocenters. The van der Waals surface area contributed by atoms with Gasteiger partial charge < -0.3 is 9.26 Å². The van der Waals surface area contributed by atoms with Crippen molar-refractivity contribution < 1.29 is 27.2 Å². The van der Waals surface area contributed by atoms with Crippen LogP contribution in [0.15, 0.2) is 28.8 Å². The van der Waals surface area contributed by atoms with Crippen molar-refractivity contribution in [1.29, 1.82) is 0 Å². The second-order valence-corrected chi connectivity index (χ2v) is 6.51. The van der Waals surface area contributed by atoms with Crippen molar-refractivity contribution in [3.63, 3.8) is 0 Å². The van der Waals surface area contributed by atoms with Crippen LogP contribution in [0.5, 0.6) is 0 Å². The lowest BCUT2D eigenvalue weighted by atomic mass is 10.1. The molecule has 0 fully saturated rings. The van der Waals surface area contributed by atoms with Gasteiger partial charge in [0, 0.05) is 5.56 Å². The first-order valence-corrected chi connectivity index (χ1v) is 8.17. The first-order valence-electron chi connectivity index (χ1n) is 7.35. The number of ether oxygens (including phenoxy) is 1. The Balaban J connectivity index is 1.66.